The van der Waals surface area contributed by atoms with Crippen LogP contribution in [0.4, 0.5) is 5.69 Å². The number of anilines is 1. The Hall–Kier alpha value is -2.88. The summed E-state index contributed by atoms with van der Waals surface area (Å²) < 4.78 is 25.4. The van der Waals surface area contributed by atoms with Gasteiger partial charge in [-0.25, -0.2) is 8.42 Å². The molecule has 1 aromatic rings. The number of sulfonamides is 1. The van der Waals surface area contributed by atoms with Gasteiger partial charge in [-0.3, -0.25) is 19.1 Å². The molecule has 1 aromatic carbocycles. The summed E-state index contributed by atoms with van der Waals surface area (Å²) in [6.45, 7) is 12.7. The number of benzene rings is 1. The number of carbonyl (C=O) groups excluding carboxylic acids is 3. The van der Waals surface area contributed by atoms with Crippen molar-refractivity contribution in [1.29, 1.82) is 0 Å². The topological polar surface area (TPSA) is 125 Å². The number of rotatable bonds is 12. The van der Waals surface area contributed by atoms with Crippen LogP contribution >= 0.6 is 0 Å². The lowest BCUT2D eigenvalue weighted by atomic mass is 10.2. The van der Waals surface area contributed by atoms with E-state index >= 15 is 0 Å². The highest BCUT2D eigenvalue weighted by Crippen LogP contribution is 2.44. The first kappa shape index (κ1) is 38.1. The van der Waals surface area contributed by atoms with Gasteiger partial charge in [0.2, 0.25) is 27.7 Å². The minimum absolute atomic E-state index is 0.0325. The number of allylic oxidation sites excluding steroid dienone is 2. The second-order valence-corrected chi connectivity index (χ2v) is 13.1. The number of likely N-dealkylation sites (N-methyl/N-ethyl adjacent to an activating group) is 1. The second kappa shape index (κ2) is 19.4. The summed E-state index contributed by atoms with van der Waals surface area (Å²) in [6, 6.07) is 9.26. The molecule has 244 valence electrons. The number of hydrogen-bond acceptors (Lipinski definition) is 6. The largest absolute Gasteiger partial charge is 0.376 e. The van der Waals surface area contributed by atoms with Crippen molar-refractivity contribution in [1.82, 2.24) is 14.9 Å². The predicted molar refractivity (Wildman–Crippen MR) is 176 cm³/mol. The molecule has 3 N–H and O–H groups in total. The fourth-order valence-electron chi connectivity index (χ4n) is 4.63. The first-order valence-electron chi connectivity index (χ1n) is 16.1. The van der Waals surface area contributed by atoms with Gasteiger partial charge in [-0.05, 0) is 69.9 Å². The maximum Gasteiger partial charge on any atom is 0.242 e. The highest BCUT2D eigenvalue weighted by atomic mass is 32.2. The lowest BCUT2D eigenvalue weighted by molar-refractivity contribution is -0.136. The van der Waals surface area contributed by atoms with Crippen molar-refractivity contribution in [3.63, 3.8) is 0 Å². The van der Waals surface area contributed by atoms with Gasteiger partial charge in [0.05, 0.1) is 11.3 Å². The SMILES string of the molecule is CC.CC.CCCCC/C=C\C1C[C@@H]1C(=O)NS(=O)(=O)C1(C)CC1.CNC(=O)[C@@H]1CCCN1C(=O)CNc1ccccc1. The van der Waals surface area contributed by atoms with Crippen molar-refractivity contribution in [2.24, 2.45) is 11.8 Å². The van der Waals surface area contributed by atoms with E-state index < -0.39 is 14.8 Å². The molecule has 3 amide bonds. The summed E-state index contributed by atoms with van der Waals surface area (Å²) in [7, 11) is -1.87. The van der Waals surface area contributed by atoms with E-state index in [1.807, 2.05) is 58.0 Å². The zero-order valence-electron chi connectivity index (χ0n) is 27.4. The third kappa shape index (κ3) is 12.3. The summed E-state index contributed by atoms with van der Waals surface area (Å²) in [5, 5.41) is 5.69. The molecule has 1 saturated heterocycles. The number of likely N-dealkylation sites (tertiary alicyclic amines) is 1. The van der Waals surface area contributed by atoms with E-state index in [4.69, 9.17) is 0 Å². The van der Waals surface area contributed by atoms with Crippen molar-refractivity contribution >= 4 is 33.4 Å². The number of unbranched alkanes of at least 4 members (excludes halogenated alkanes) is 3. The van der Waals surface area contributed by atoms with Crippen molar-refractivity contribution in [3.8, 4) is 0 Å². The second-order valence-electron chi connectivity index (χ2n) is 10.9. The highest BCUT2D eigenvalue weighted by Gasteiger charge is 2.52. The molecule has 9 nitrogen and oxygen atoms in total. The fourth-order valence-corrected chi connectivity index (χ4v) is 5.93. The molecule has 1 heterocycles. The smallest absolute Gasteiger partial charge is 0.242 e. The number of carbonyl (C=O) groups is 3. The Morgan fingerprint density at radius 2 is 1.67 bits per heavy atom. The van der Waals surface area contributed by atoms with Crippen LogP contribution in [-0.4, -0.2) is 62.0 Å². The molecule has 3 fully saturated rings. The summed E-state index contributed by atoms with van der Waals surface area (Å²) in [5.41, 5.74) is 0.909. The van der Waals surface area contributed by atoms with Crippen LogP contribution in [0.2, 0.25) is 0 Å². The van der Waals surface area contributed by atoms with E-state index in [-0.39, 0.29) is 42.1 Å². The molecule has 0 spiro atoms. The Morgan fingerprint density at radius 3 is 2.26 bits per heavy atom. The number of hydrogen-bond donors (Lipinski definition) is 3. The first-order chi connectivity index (χ1) is 20.6. The standard InChI is InChI=1S/C15H25NO3S.C14H19N3O2.2C2H6/c1-3-4-5-6-7-8-12-11-13(12)14(17)16-20(18,19)15(2)9-10-15;1-15-14(19)12-8-5-9-17(12)13(18)10-16-11-6-3-2-4-7-11;2*1-2/h7-8,12-13H,3-6,9-11H2,1-2H3,(H,16,17);2-4,6-7,12,16H,5,8-10H2,1H3,(H,15,19);2*1-2H3/b8-7-;;;/t12?,13-;12-;;/m00../s1. The van der Waals surface area contributed by atoms with Crippen molar-refractivity contribution in [2.75, 3.05) is 25.5 Å². The van der Waals surface area contributed by atoms with Crippen LogP contribution in [0.3, 0.4) is 0 Å². The van der Waals surface area contributed by atoms with Crippen molar-refractivity contribution in [2.45, 2.75) is 110 Å². The molecular weight excluding hydrogens is 564 g/mol. The molecular formula is C33H56N4O5S. The maximum atomic E-state index is 12.1. The van der Waals surface area contributed by atoms with Crippen LogP contribution in [0.25, 0.3) is 0 Å². The molecule has 43 heavy (non-hydrogen) atoms. The van der Waals surface area contributed by atoms with Gasteiger partial charge >= 0.3 is 0 Å². The first-order valence-corrected chi connectivity index (χ1v) is 17.6. The highest BCUT2D eigenvalue weighted by molar-refractivity contribution is 7.91. The van der Waals surface area contributed by atoms with Gasteiger partial charge in [-0.15, -0.1) is 0 Å². The van der Waals surface area contributed by atoms with Crippen molar-refractivity contribution < 1.29 is 22.8 Å². The Bertz CT molecular complexity index is 1120. The normalized spacial score (nSPS) is 21.1. The van der Waals surface area contributed by atoms with Gasteiger partial charge in [0.15, 0.2) is 0 Å². The van der Waals surface area contributed by atoms with E-state index in [1.54, 1.807) is 18.9 Å². The molecule has 4 rings (SSSR count). The number of amides is 3. The van der Waals surface area contributed by atoms with Crippen LogP contribution in [0.1, 0.15) is 99.3 Å². The number of nitrogens with one attached hydrogen (secondary N) is 3. The predicted octanol–water partition coefficient (Wildman–Crippen LogP) is 5.65. The Morgan fingerprint density at radius 1 is 1.02 bits per heavy atom. The van der Waals surface area contributed by atoms with E-state index in [0.29, 0.717) is 19.4 Å². The lowest BCUT2D eigenvalue weighted by Gasteiger charge is -2.23. The van der Waals surface area contributed by atoms with Gasteiger partial charge in [0, 0.05) is 25.2 Å². The molecule has 3 aliphatic rings. The van der Waals surface area contributed by atoms with Crippen molar-refractivity contribution in [3.05, 3.63) is 42.5 Å². The molecule has 2 aliphatic carbocycles. The molecule has 2 saturated carbocycles. The zero-order valence-corrected chi connectivity index (χ0v) is 28.3. The molecule has 1 unspecified atom stereocenters. The number of nitrogens with zero attached hydrogens (tertiary/aromatic N) is 1. The van der Waals surface area contributed by atoms with Crippen LogP contribution in [-0.2, 0) is 24.4 Å². The molecule has 10 heteroatoms. The molecule has 0 radical (unpaired) electrons. The summed E-state index contributed by atoms with van der Waals surface area (Å²) in [6.07, 6.45) is 12.6. The van der Waals surface area contributed by atoms with E-state index in [1.165, 1.54) is 19.3 Å². The zero-order chi connectivity index (χ0) is 32.5. The van der Waals surface area contributed by atoms with E-state index in [2.05, 4.69) is 34.4 Å². The van der Waals surface area contributed by atoms with Crippen LogP contribution in [0.15, 0.2) is 42.5 Å². The average molecular weight is 621 g/mol. The monoisotopic (exact) mass is 620 g/mol. The molecule has 0 aromatic heterocycles. The summed E-state index contributed by atoms with van der Waals surface area (Å²) in [5.74, 6) is -0.338. The lowest BCUT2D eigenvalue weighted by Crippen LogP contribution is -2.46. The van der Waals surface area contributed by atoms with Crippen LogP contribution in [0.5, 0.6) is 0 Å². The van der Waals surface area contributed by atoms with Crippen LogP contribution in [0, 0.1) is 11.8 Å². The van der Waals surface area contributed by atoms with Gasteiger partial charge < -0.3 is 15.5 Å². The third-order valence-corrected chi connectivity index (χ3v) is 9.89. The number of para-hydroxylation sites is 1. The fraction of sp³-hybridized carbons (Fsp3) is 0.667. The molecule has 1 aliphatic heterocycles. The molecule has 0 bridgehead atoms. The average Bonchev–Trinajstić information content (AvgIpc) is 3.93. The Kier molecular flexibility index (Phi) is 17.2. The van der Waals surface area contributed by atoms with Gasteiger partial charge in [-0.2, -0.15) is 0 Å². The quantitative estimate of drug-likeness (QED) is 0.205. The van der Waals surface area contributed by atoms with E-state index in [9.17, 15) is 22.8 Å². The van der Waals surface area contributed by atoms with Gasteiger partial charge in [-0.1, -0.05) is 77.8 Å². The molecule has 3 atom stereocenters. The summed E-state index contributed by atoms with van der Waals surface area (Å²) >= 11 is 0. The Balaban J connectivity index is 0.000000386. The van der Waals surface area contributed by atoms with Gasteiger partial charge in [0.1, 0.15) is 6.04 Å². The van der Waals surface area contributed by atoms with E-state index in [0.717, 1.165) is 31.4 Å². The minimum Gasteiger partial charge on any atom is -0.376 e. The maximum absolute atomic E-state index is 12.1. The van der Waals surface area contributed by atoms with Crippen LogP contribution < -0.4 is 15.4 Å². The third-order valence-electron chi connectivity index (χ3n) is 7.71. The Labute approximate surface area is 260 Å². The minimum atomic E-state index is -3.47. The summed E-state index contributed by atoms with van der Waals surface area (Å²) in [4.78, 5) is 37.4. The van der Waals surface area contributed by atoms with Gasteiger partial charge in [0.25, 0.3) is 0 Å².